The van der Waals surface area contributed by atoms with E-state index in [0.717, 1.165) is 109 Å². The van der Waals surface area contributed by atoms with E-state index in [1.165, 1.54) is 167 Å². The first-order valence-corrected chi connectivity index (χ1v) is 39.1. The second-order valence-corrected chi connectivity index (χ2v) is 28.3. The van der Waals surface area contributed by atoms with Crippen LogP contribution in [0.3, 0.4) is 0 Å². The van der Waals surface area contributed by atoms with Crippen molar-refractivity contribution in [3.63, 3.8) is 0 Å². The molecule has 0 aliphatic rings. The second-order valence-electron chi connectivity index (χ2n) is 25.4. The molecule has 0 fully saturated rings. The second kappa shape index (κ2) is 62.5. The van der Waals surface area contributed by atoms with Crippen molar-refractivity contribution in [2.75, 3.05) is 39.6 Å². The number of hydrogen-bond acceptors (Lipinski definition) is 15. The molecule has 88 heavy (non-hydrogen) atoms. The number of carbonyl (C=O) groups is 4. The number of ether oxygens (including phenoxy) is 4. The summed E-state index contributed by atoms with van der Waals surface area (Å²) in [5, 5.41) is 10.6. The van der Waals surface area contributed by atoms with Crippen LogP contribution in [0.4, 0.5) is 0 Å². The number of rotatable bonds is 69. The number of esters is 4. The van der Waals surface area contributed by atoms with Gasteiger partial charge in [0.1, 0.15) is 19.3 Å². The quantitative estimate of drug-likeness (QED) is 0.0222. The van der Waals surface area contributed by atoms with E-state index in [-0.39, 0.29) is 25.7 Å². The molecule has 0 spiro atoms. The summed E-state index contributed by atoms with van der Waals surface area (Å²) in [4.78, 5) is 72.4. The van der Waals surface area contributed by atoms with Crippen LogP contribution in [0.25, 0.3) is 0 Å². The summed E-state index contributed by atoms with van der Waals surface area (Å²) in [5.41, 5.74) is 0. The van der Waals surface area contributed by atoms with Gasteiger partial charge in [0, 0.05) is 25.7 Å². The predicted octanol–water partition coefficient (Wildman–Crippen LogP) is 19.7. The molecule has 0 saturated carbocycles. The molecule has 0 amide bonds. The van der Waals surface area contributed by atoms with E-state index < -0.39 is 97.5 Å². The molecule has 0 radical (unpaired) electrons. The van der Waals surface area contributed by atoms with Crippen LogP contribution < -0.4 is 0 Å². The van der Waals surface area contributed by atoms with Gasteiger partial charge < -0.3 is 33.8 Å². The molecular weight excluding hydrogens is 1160 g/mol. The molecular formula is C69H134O17P2. The first-order valence-electron chi connectivity index (χ1n) is 36.1. The Morgan fingerprint density at radius 3 is 0.773 bits per heavy atom. The Hall–Kier alpha value is -1.94. The molecule has 3 N–H and O–H groups in total. The minimum Gasteiger partial charge on any atom is -0.462 e. The summed E-state index contributed by atoms with van der Waals surface area (Å²) in [7, 11) is -9.89. The van der Waals surface area contributed by atoms with Crippen molar-refractivity contribution >= 4 is 39.5 Å². The van der Waals surface area contributed by atoms with Gasteiger partial charge in [0.05, 0.1) is 26.4 Å². The van der Waals surface area contributed by atoms with Crippen LogP contribution in [0, 0.1) is 5.92 Å². The molecule has 0 rings (SSSR count). The van der Waals surface area contributed by atoms with Crippen molar-refractivity contribution < 1.29 is 80.2 Å². The number of carbonyl (C=O) groups excluding carboxylic acids is 4. The van der Waals surface area contributed by atoms with Crippen LogP contribution in [0.2, 0.25) is 0 Å². The zero-order chi connectivity index (χ0) is 64.9. The Labute approximate surface area is 537 Å². The van der Waals surface area contributed by atoms with Crippen molar-refractivity contribution in [3.8, 4) is 0 Å². The highest BCUT2D eigenvalue weighted by atomic mass is 31.2. The summed E-state index contributed by atoms with van der Waals surface area (Å²) < 4.78 is 68.2. The van der Waals surface area contributed by atoms with E-state index >= 15 is 0 Å². The van der Waals surface area contributed by atoms with Crippen LogP contribution in [0.1, 0.15) is 356 Å². The van der Waals surface area contributed by atoms with E-state index in [4.69, 9.17) is 37.0 Å². The Morgan fingerprint density at radius 2 is 0.523 bits per heavy atom. The summed E-state index contributed by atoms with van der Waals surface area (Å²) in [6.07, 6.45) is 48.6. The minimum absolute atomic E-state index is 0.105. The van der Waals surface area contributed by atoms with Crippen molar-refractivity contribution in [2.24, 2.45) is 5.92 Å². The molecule has 17 nitrogen and oxygen atoms in total. The minimum atomic E-state index is -4.95. The Bertz CT molecular complexity index is 1700. The first kappa shape index (κ1) is 86.1. The largest absolute Gasteiger partial charge is 0.472 e. The summed E-state index contributed by atoms with van der Waals surface area (Å²) in [6.45, 7) is 7.18. The van der Waals surface area contributed by atoms with Crippen molar-refractivity contribution in [1.82, 2.24) is 0 Å². The smallest absolute Gasteiger partial charge is 0.462 e. The van der Waals surface area contributed by atoms with E-state index in [1.54, 1.807) is 0 Å². The maximum atomic E-state index is 13.0. The van der Waals surface area contributed by atoms with Crippen LogP contribution in [-0.4, -0.2) is 96.7 Å². The molecule has 0 aliphatic heterocycles. The summed E-state index contributed by atoms with van der Waals surface area (Å²) >= 11 is 0. The van der Waals surface area contributed by atoms with Crippen molar-refractivity contribution in [2.45, 2.75) is 374 Å². The van der Waals surface area contributed by atoms with Gasteiger partial charge in [0.15, 0.2) is 12.2 Å². The number of unbranched alkanes of at least 4 members (excludes halogenated alkanes) is 41. The molecule has 19 heteroatoms. The number of aliphatic hydroxyl groups is 1. The lowest BCUT2D eigenvalue weighted by Gasteiger charge is -2.21. The molecule has 0 aromatic heterocycles. The van der Waals surface area contributed by atoms with Crippen LogP contribution in [0.15, 0.2) is 0 Å². The van der Waals surface area contributed by atoms with Gasteiger partial charge in [-0.3, -0.25) is 37.3 Å². The molecule has 2 unspecified atom stereocenters. The van der Waals surface area contributed by atoms with E-state index in [1.807, 2.05) is 0 Å². The zero-order valence-corrected chi connectivity index (χ0v) is 58.6. The third-order valence-corrected chi connectivity index (χ3v) is 17.9. The zero-order valence-electron chi connectivity index (χ0n) is 56.9. The third kappa shape index (κ3) is 62.8. The van der Waals surface area contributed by atoms with Gasteiger partial charge in [-0.1, -0.05) is 304 Å². The fraction of sp³-hybridized carbons (Fsp3) is 0.942. The lowest BCUT2D eigenvalue weighted by molar-refractivity contribution is -0.161. The average molecular weight is 1300 g/mol. The molecule has 0 aliphatic carbocycles. The van der Waals surface area contributed by atoms with Gasteiger partial charge in [-0.15, -0.1) is 0 Å². The summed E-state index contributed by atoms with van der Waals surface area (Å²) in [6, 6.07) is 0. The standard InChI is InChI=1S/C69H134O17P2/c1-6-9-12-15-18-20-22-24-25-26-28-30-34-39-44-49-54-68(73)86-65(59-80-67(72)53-48-43-38-33-29-27-23-21-19-16-13-10-7-2)61-84-88(77,78)82-57-63(70)56-81-87(75,76)83-60-64(58-79-66(71)52-47-42-36-17-14-11-8-3)85-69(74)55-50-45-40-35-31-32-37-41-46-51-62(4)5/h62-65,70H,6-61H2,1-5H3,(H,75,76)(H,77,78)/t63-,64+,65+/m0/s1. The maximum Gasteiger partial charge on any atom is 0.472 e. The average Bonchev–Trinajstić information content (AvgIpc) is 3.64. The molecule has 0 bridgehead atoms. The van der Waals surface area contributed by atoms with Gasteiger partial charge in [-0.25, -0.2) is 9.13 Å². The Morgan fingerprint density at radius 1 is 0.307 bits per heavy atom. The fourth-order valence-corrected chi connectivity index (χ4v) is 12.0. The van der Waals surface area contributed by atoms with Gasteiger partial charge in [0.2, 0.25) is 0 Å². The SMILES string of the molecule is CCCCCCCCCCCCCCCCCCC(=O)O[C@H](COC(=O)CCCCCCCCCCCCCCC)COP(=O)(O)OC[C@@H](O)COP(=O)(O)OC[C@@H](COC(=O)CCCCCCCCC)OC(=O)CCCCCCCCCCCC(C)C. The molecule has 0 heterocycles. The van der Waals surface area contributed by atoms with Gasteiger partial charge in [-0.05, 0) is 31.6 Å². The van der Waals surface area contributed by atoms with E-state index in [0.29, 0.717) is 25.7 Å². The van der Waals surface area contributed by atoms with Gasteiger partial charge in [0.25, 0.3) is 0 Å². The Balaban J connectivity index is 5.21. The van der Waals surface area contributed by atoms with Crippen molar-refractivity contribution in [3.05, 3.63) is 0 Å². The lowest BCUT2D eigenvalue weighted by Crippen LogP contribution is -2.30. The number of phosphoric acid groups is 2. The fourth-order valence-electron chi connectivity index (χ4n) is 10.5. The predicted molar refractivity (Wildman–Crippen MR) is 354 cm³/mol. The van der Waals surface area contributed by atoms with Gasteiger partial charge >= 0.3 is 39.5 Å². The third-order valence-electron chi connectivity index (χ3n) is 16.0. The highest BCUT2D eigenvalue weighted by Crippen LogP contribution is 2.45. The normalized spacial score (nSPS) is 14.1. The first-order chi connectivity index (χ1) is 42.5. The van der Waals surface area contributed by atoms with Crippen molar-refractivity contribution in [1.29, 1.82) is 0 Å². The monoisotopic (exact) mass is 1300 g/mol. The summed E-state index contributed by atoms with van der Waals surface area (Å²) in [5.74, 6) is -1.39. The van der Waals surface area contributed by atoms with Gasteiger partial charge in [-0.2, -0.15) is 0 Å². The molecule has 0 aromatic rings. The highest BCUT2D eigenvalue weighted by Gasteiger charge is 2.30. The van der Waals surface area contributed by atoms with E-state index in [9.17, 15) is 43.2 Å². The number of aliphatic hydroxyl groups excluding tert-OH is 1. The maximum absolute atomic E-state index is 13.0. The lowest BCUT2D eigenvalue weighted by atomic mass is 10.0. The molecule has 5 atom stereocenters. The molecule has 522 valence electrons. The molecule has 0 aromatic carbocycles. The van der Waals surface area contributed by atoms with E-state index in [2.05, 4.69) is 34.6 Å². The van der Waals surface area contributed by atoms with Crippen LogP contribution >= 0.6 is 15.6 Å². The number of phosphoric ester groups is 2. The topological polar surface area (TPSA) is 237 Å². The molecule has 0 saturated heterocycles. The van der Waals surface area contributed by atoms with Crippen LogP contribution in [-0.2, 0) is 65.4 Å². The number of hydrogen-bond donors (Lipinski definition) is 3. The van der Waals surface area contributed by atoms with Crippen LogP contribution in [0.5, 0.6) is 0 Å². The highest BCUT2D eigenvalue weighted by molar-refractivity contribution is 7.47. The Kier molecular flexibility index (Phi) is 61.1.